The van der Waals surface area contributed by atoms with Crippen molar-refractivity contribution in [3.63, 3.8) is 0 Å². The molecule has 128 valence electrons. The van der Waals surface area contributed by atoms with Crippen molar-refractivity contribution >= 4 is 6.09 Å². The minimum absolute atomic E-state index is 0.178. The van der Waals surface area contributed by atoms with Crippen LogP contribution in [-0.2, 0) is 9.47 Å². The lowest BCUT2D eigenvalue weighted by Crippen LogP contribution is -2.52. The molecule has 4 unspecified atom stereocenters. The van der Waals surface area contributed by atoms with Crippen LogP contribution in [-0.4, -0.2) is 43.0 Å². The topological polar surface area (TPSA) is 59.6 Å². The summed E-state index contributed by atoms with van der Waals surface area (Å²) in [5.41, 5.74) is -0.444. The smallest absolute Gasteiger partial charge is 0.407 e. The van der Waals surface area contributed by atoms with E-state index in [4.69, 9.17) is 9.47 Å². The van der Waals surface area contributed by atoms with E-state index in [1.807, 2.05) is 20.8 Å². The number of carbonyl (C=O) groups is 1. The molecule has 0 aliphatic heterocycles. The fraction of sp³-hybridized carbons (Fsp3) is 0.941. The monoisotopic (exact) mass is 312 g/mol. The molecule has 4 atom stereocenters. The Morgan fingerprint density at radius 3 is 2.41 bits per heavy atom. The summed E-state index contributed by atoms with van der Waals surface area (Å²) in [6, 6.07) is 1.04. The van der Waals surface area contributed by atoms with E-state index < -0.39 is 5.60 Å². The molecule has 2 fully saturated rings. The van der Waals surface area contributed by atoms with Crippen LogP contribution in [0.5, 0.6) is 0 Å². The molecule has 2 saturated carbocycles. The third kappa shape index (κ3) is 5.43. The number of ether oxygens (including phenoxy) is 2. The zero-order valence-corrected chi connectivity index (χ0v) is 14.5. The highest BCUT2D eigenvalue weighted by atomic mass is 16.6. The normalized spacial score (nSPS) is 32.7. The average Bonchev–Trinajstić information content (AvgIpc) is 2.84. The standard InChI is InChI=1S/C17H32N2O3/c1-17(2,3)22-16(20)19-15-10-6-9-14(15)18-12-7-5-8-13(11-12)21-4/h12-15,18H,5-11H2,1-4H3,(H,19,20). The van der Waals surface area contributed by atoms with Gasteiger partial charge in [0.2, 0.25) is 0 Å². The van der Waals surface area contributed by atoms with Crippen molar-refractivity contribution in [3.8, 4) is 0 Å². The predicted octanol–water partition coefficient (Wildman–Crippen LogP) is 2.98. The molecule has 0 bridgehead atoms. The average molecular weight is 312 g/mol. The Bertz CT molecular complexity index is 367. The second-order valence-electron chi connectivity index (χ2n) is 7.68. The molecule has 5 heteroatoms. The minimum Gasteiger partial charge on any atom is -0.444 e. The molecule has 0 spiro atoms. The molecule has 1 amide bonds. The zero-order valence-electron chi connectivity index (χ0n) is 14.5. The van der Waals surface area contributed by atoms with Crippen molar-refractivity contribution < 1.29 is 14.3 Å². The van der Waals surface area contributed by atoms with Gasteiger partial charge in [-0.3, -0.25) is 0 Å². The van der Waals surface area contributed by atoms with Crippen molar-refractivity contribution in [2.24, 2.45) is 0 Å². The third-order valence-electron chi connectivity index (χ3n) is 4.63. The number of hydrogen-bond donors (Lipinski definition) is 2. The number of carbonyl (C=O) groups excluding carboxylic acids is 1. The lowest BCUT2D eigenvalue weighted by Gasteiger charge is -2.33. The van der Waals surface area contributed by atoms with Gasteiger partial charge in [0.25, 0.3) is 0 Å². The van der Waals surface area contributed by atoms with E-state index in [9.17, 15) is 4.79 Å². The van der Waals surface area contributed by atoms with Crippen LogP contribution in [0.3, 0.4) is 0 Å². The van der Waals surface area contributed by atoms with Crippen molar-refractivity contribution in [2.75, 3.05) is 7.11 Å². The lowest BCUT2D eigenvalue weighted by molar-refractivity contribution is 0.0472. The van der Waals surface area contributed by atoms with Gasteiger partial charge in [-0.1, -0.05) is 0 Å². The van der Waals surface area contributed by atoms with Gasteiger partial charge in [0.1, 0.15) is 5.60 Å². The van der Waals surface area contributed by atoms with Gasteiger partial charge >= 0.3 is 6.09 Å². The maximum atomic E-state index is 12.0. The van der Waals surface area contributed by atoms with Crippen LogP contribution in [0, 0.1) is 0 Å². The second-order valence-corrected chi connectivity index (χ2v) is 7.68. The molecule has 0 aromatic rings. The highest BCUT2D eigenvalue weighted by molar-refractivity contribution is 5.68. The van der Waals surface area contributed by atoms with E-state index in [2.05, 4.69) is 10.6 Å². The Kier molecular flexibility index (Phi) is 6.09. The third-order valence-corrected chi connectivity index (χ3v) is 4.63. The summed E-state index contributed by atoms with van der Waals surface area (Å²) in [7, 11) is 1.80. The van der Waals surface area contributed by atoms with Crippen LogP contribution in [0.1, 0.15) is 65.7 Å². The van der Waals surface area contributed by atoms with Gasteiger partial charge < -0.3 is 20.1 Å². The van der Waals surface area contributed by atoms with Gasteiger partial charge in [-0.25, -0.2) is 4.79 Å². The summed E-state index contributed by atoms with van der Waals surface area (Å²) in [5.74, 6) is 0. The Labute approximate surface area is 134 Å². The van der Waals surface area contributed by atoms with Crippen molar-refractivity contribution in [3.05, 3.63) is 0 Å². The maximum Gasteiger partial charge on any atom is 0.407 e. The fourth-order valence-corrected chi connectivity index (χ4v) is 3.60. The molecular formula is C17H32N2O3. The molecule has 5 nitrogen and oxygen atoms in total. The summed E-state index contributed by atoms with van der Waals surface area (Å²) in [5, 5.41) is 6.80. The quantitative estimate of drug-likeness (QED) is 0.838. The molecule has 0 radical (unpaired) electrons. The second kappa shape index (κ2) is 7.64. The summed E-state index contributed by atoms with van der Waals surface area (Å²) in [6.07, 6.45) is 8.03. The maximum absolute atomic E-state index is 12.0. The van der Waals surface area contributed by atoms with Crippen LogP contribution < -0.4 is 10.6 Å². The molecule has 0 aromatic heterocycles. The van der Waals surface area contributed by atoms with E-state index >= 15 is 0 Å². The molecule has 2 aliphatic rings. The Morgan fingerprint density at radius 2 is 1.73 bits per heavy atom. The van der Waals surface area contributed by atoms with Crippen molar-refractivity contribution in [1.82, 2.24) is 10.6 Å². The molecule has 2 aliphatic carbocycles. The van der Waals surface area contributed by atoms with E-state index in [1.165, 1.54) is 19.3 Å². The van der Waals surface area contributed by atoms with Crippen LogP contribution in [0.4, 0.5) is 4.79 Å². The van der Waals surface area contributed by atoms with Gasteiger partial charge in [-0.05, 0) is 65.7 Å². The lowest BCUT2D eigenvalue weighted by atomic mass is 9.92. The molecule has 2 rings (SSSR count). The first-order valence-electron chi connectivity index (χ1n) is 8.66. The zero-order chi connectivity index (χ0) is 16.2. The highest BCUT2D eigenvalue weighted by Crippen LogP contribution is 2.25. The largest absolute Gasteiger partial charge is 0.444 e. The SMILES string of the molecule is COC1CCCC(NC2CCCC2NC(=O)OC(C)(C)C)C1. The Morgan fingerprint density at radius 1 is 1.05 bits per heavy atom. The van der Waals surface area contributed by atoms with Crippen LogP contribution in [0.25, 0.3) is 0 Å². The fourth-order valence-electron chi connectivity index (χ4n) is 3.60. The number of rotatable bonds is 4. The van der Waals surface area contributed by atoms with Crippen LogP contribution >= 0.6 is 0 Å². The highest BCUT2D eigenvalue weighted by Gasteiger charge is 2.32. The molecule has 22 heavy (non-hydrogen) atoms. The molecule has 0 heterocycles. The molecule has 0 aromatic carbocycles. The van der Waals surface area contributed by atoms with Gasteiger partial charge in [0.15, 0.2) is 0 Å². The number of alkyl carbamates (subject to hydrolysis) is 1. The summed E-state index contributed by atoms with van der Waals surface area (Å²) in [4.78, 5) is 12.0. The Balaban J connectivity index is 1.81. The number of amides is 1. The minimum atomic E-state index is -0.444. The first-order valence-corrected chi connectivity index (χ1v) is 8.66. The molecule has 0 saturated heterocycles. The van der Waals surface area contributed by atoms with Crippen LogP contribution in [0.15, 0.2) is 0 Å². The number of hydrogen-bond acceptors (Lipinski definition) is 4. The molecular weight excluding hydrogens is 280 g/mol. The molecule has 2 N–H and O–H groups in total. The van der Waals surface area contributed by atoms with Crippen molar-refractivity contribution in [2.45, 2.75) is 95.5 Å². The summed E-state index contributed by atoms with van der Waals surface area (Å²) in [6.45, 7) is 5.68. The van der Waals surface area contributed by atoms with E-state index in [1.54, 1.807) is 7.11 Å². The van der Waals surface area contributed by atoms with Gasteiger partial charge in [-0.2, -0.15) is 0 Å². The van der Waals surface area contributed by atoms with Crippen LogP contribution in [0.2, 0.25) is 0 Å². The Hall–Kier alpha value is -0.810. The van der Waals surface area contributed by atoms with E-state index in [0.29, 0.717) is 18.2 Å². The van der Waals surface area contributed by atoms with Gasteiger partial charge in [0, 0.05) is 25.2 Å². The van der Waals surface area contributed by atoms with Crippen molar-refractivity contribution in [1.29, 1.82) is 0 Å². The first-order chi connectivity index (χ1) is 10.4. The van der Waals surface area contributed by atoms with E-state index in [0.717, 1.165) is 25.7 Å². The summed E-state index contributed by atoms with van der Waals surface area (Å²) >= 11 is 0. The number of methoxy groups -OCH3 is 1. The van der Waals surface area contributed by atoms with Gasteiger partial charge in [-0.15, -0.1) is 0 Å². The first kappa shape index (κ1) is 17.5. The number of nitrogens with one attached hydrogen (secondary N) is 2. The van der Waals surface area contributed by atoms with E-state index in [-0.39, 0.29) is 12.1 Å². The summed E-state index contributed by atoms with van der Waals surface area (Å²) < 4.78 is 10.9. The predicted molar refractivity (Wildman–Crippen MR) is 87.0 cm³/mol. The van der Waals surface area contributed by atoms with Gasteiger partial charge in [0.05, 0.1) is 6.10 Å².